The van der Waals surface area contributed by atoms with Crippen molar-refractivity contribution in [3.8, 4) is 0 Å². The predicted molar refractivity (Wildman–Crippen MR) is 83.9 cm³/mol. The lowest BCUT2D eigenvalue weighted by atomic mass is 10.0. The Bertz CT molecular complexity index is 507. The van der Waals surface area contributed by atoms with Crippen LogP contribution in [0, 0.1) is 0 Å². The molecule has 0 aliphatic carbocycles. The maximum atomic E-state index is 12.3. The van der Waals surface area contributed by atoms with E-state index >= 15 is 0 Å². The van der Waals surface area contributed by atoms with Gasteiger partial charge in [-0.1, -0.05) is 13.3 Å². The molecule has 6 heteroatoms. The van der Waals surface area contributed by atoms with Crippen molar-refractivity contribution in [1.82, 2.24) is 5.32 Å². The van der Waals surface area contributed by atoms with Gasteiger partial charge in [-0.15, -0.1) is 11.3 Å². The van der Waals surface area contributed by atoms with E-state index in [1.54, 1.807) is 6.92 Å². The van der Waals surface area contributed by atoms with E-state index in [2.05, 4.69) is 10.6 Å². The van der Waals surface area contributed by atoms with Crippen molar-refractivity contribution in [1.29, 1.82) is 0 Å². The molecule has 2 rings (SSSR count). The first-order valence-electron chi connectivity index (χ1n) is 7.49. The van der Waals surface area contributed by atoms with Gasteiger partial charge in [0.2, 0.25) is 5.91 Å². The van der Waals surface area contributed by atoms with E-state index in [9.17, 15) is 9.59 Å². The highest BCUT2D eigenvalue weighted by Gasteiger charge is 2.24. The van der Waals surface area contributed by atoms with Gasteiger partial charge < -0.3 is 15.4 Å². The molecule has 1 aliphatic rings. The van der Waals surface area contributed by atoms with Crippen molar-refractivity contribution in [2.24, 2.45) is 0 Å². The van der Waals surface area contributed by atoms with E-state index in [-0.39, 0.29) is 17.9 Å². The first kappa shape index (κ1) is 16.0. The number of nitrogens with one attached hydrogen (secondary N) is 2. The van der Waals surface area contributed by atoms with E-state index in [0.717, 1.165) is 37.1 Å². The van der Waals surface area contributed by atoms with Crippen molar-refractivity contribution in [2.75, 3.05) is 18.5 Å². The Balaban J connectivity index is 2.12. The number of hydrogen-bond donors (Lipinski definition) is 2. The minimum atomic E-state index is -0.375. The van der Waals surface area contributed by atoms with Crippen molar-refractivity contribution in [3.63, 3.8) is 0 Å². The maximum absolute atomic E-state index is 12.3. The summed E-state index contributed by atoms with van der Waals surface area (Å²) in [6.45, 7) is 4.99. The van der Waals surface area contributed by atoms with Crippen LogP contribution >= 0.6 is 11.3 Å². The van der Waals surface area contributed by atoms with Crippen LogP contribution in [0.3, 0.4) is 0 Å². The number of thiophene rings is 1. The zero-order chi connectivity index (χ0) is 15.2. The highest BCUT2D eigenvalue weighted by molar-refractivity contribution is 7.16. The molecular formula is C15H22N2O3S. The maximum Gasteiger partial charge on any atom is 0.341 e. The zero-order valence-corrected chi connectivity index (χ0v) is 13.3. The topological polar surface area (TPSA) is 67.4 Å². The normalized spacial score (nSPS) is 18.3. The smallest absolute Gasteiger partial charge is 0.341 e. The molecule has 1 amide bonds. The van der Waals surface area contributed by atoms with Crippen LogP contribution in [-0.4, -0.2) is 31.1 Å². The summed E-state index contributed by atoms with van der Waals surface area (Å²) in [5.41, 5.74) is 0.461. The summed E-state index contributed by atoms with van der Waals surface area (Å²) < 4.78 is 5.05. The van der Waals surface area contributed by atoms with Gasteiger partial charge in [-0.05, 0) is 38.8 Å². The molecule has 1 unspecified atom stereocenters. The first-order chi connectivity index (χ1) is 10.2. The van der Waals surface area contributed by atoms with Crippen LogP contribution in [0.1, 0.15) is 48.3 Å². The van der Waals surface area contributed by atoms with E-state index in [0.29, 0.717) is 17.2 Å². The van der Waals surface area contributed by atoms with Gasteiger partial charge in [0.25, 0.3) is 0 Å². The number of carbonyl (C=O) groups is 2. The lowest BCUT2D eigenvalue weighted by Crippen LogP contribution is -2.43. The van der Waals surface area contributed by atoms with Crippen molar-refractivity contribution < 1.29 is 14.3 Å². The number of ether oxygens (including phenoxy) is 1. The monoisotopic (exact) mass is 310 g/mol. The average molecular weight is 310 g/mol. The number of anilines is 1. The van der Waals surface area contributed by atoms with Crippen LogP contribution in [0.25, 0.3) is 0 Å². The molecule has 0 radical (unpaired) electrons. The molecule has 116 valence electrons. The molecule has 0 bridgehead atoms. The number of rotatable bonds is 5. The summed E-state index contributed by atoms with van der Waals surface area (Å²) in [7, 11) is 0. The molecule has 1 saturated heterocycles. The molecule has 0 aromatic carbocycles. The second-order valence-corrected chi connectivity index (χ2v) is 6.16. The Morgan fingerprint density at radius 1 is 1.43 bits per heavy atom. The largest absolute Gasteiger partial charge is 0.462 e. The number of carbonyl (C=O) groups excluding carboxylic acids is 2. The average Bonchev–Trinajstić information content (AvgIpc) is 2.91. The molecule has 1 atom stereocenters. The number of amides is 1. The number of aryl methyl sites for hydroxylation is 1. The molecule has 0 spiro atoms. The molecule has 1 aliphatic heterocycles. The van der Waals surface area contributed by atoms with Crippen molar-refractivity contribution >= 4 is 28.2 Å². The summed E-state index contributed by atoms with van der Waals surface area (Å²) >= 11 is 1.45. The summed E-state index contributed by atoms with van der Waals surface area (Å²) in [4.78, 5) is 25.3. The third kappa shape index (κ3) is 4.04. The quantitative estimate of drug-likeness (QED) is 0.820. The Kier molecular flexibility index (Phi) is 5.76. The van der Waals surface area contributed by atoms with Crippen LogP contribution in [0.4, 0.5) is 5.00 Å². The molecule has 21 heavy (non-hydrogen) atoms. The van der Waals surface area contributed by atoms with Crippen LogP contribution in [0.2, 0.25) is 0 Å². The summed E-state index contributed by atoms with van der Waals surface area (Å²) in [5, 5.41) is 6.70. The zero-order valence-electron chi connectivity index (χ0n) is 12.5. The fraction of sp³-hybridized carbons (Fsp3) is 0.600. The third-order valence-corrected chi connectivity index (χ3v) is 4.69. The van der Waals surface area contributed by atoms with Gasteiger partial charge in [0.1, 0.15) is 5.00 Å². The SMILES string of the molecule is CCOC(=O)c1cc(CC)sc1NC(=O)C1CCCCN1. The van der Waals surface area contributed by atoms with Gasteiger partial charge in [0.15, 0.2) is 0 Å². The minimum absolute atomic E-state index is 0.0650. The molecule has 1 aromatic heterocycles. The van der Waals surface area contributed by atoms with E-state index in [4.69, 9.17) is 4.74 Å². The molecule has 2 heterocycles. The summed E-state index contributed by atoms with van der Waals surface area (Å²) in [5.74, 6) is -0.440. The number of piperidine rings is 1. The Labute approximate surface area is 129 Å². The van der Waals surface area contributed by atoms with Crippen molar-refractivity contribution in [2.45, 2.75) is 45.6 Å². The Hall–Kier alpha value is -1.40. The van der Waals surface area contributed by atoms with Gasteiger partial charge >= 0.3 is 5.97 Å². The van der Waals surface area contributed by atoms with Crippen LogP contribution in [-0.2, 0) is 16.0 Å². The summed E-state index contributed by atoms with van der Waals surface area (Å²) in [6, 6.07) is 1.65. The van der Waals surface area contributed by atoms with Crippen LogP contribution in [0.15, 0.2) is 6.07 Å². The predicted octanol–water partition coefficient (Wildman–Crippen LogP) is 2.57. The molecular weight excluding hydrogens is 288 g/mol. The highest BCUT2D eigenvalue weighted by atomic mass is 32.1. The molecule has 5 nitrogen and oxygen atoms in total. The minimum Gasteiger partial charge on any atom is -0.462 e. The third-order valence-electron chi connectivity index (χ3n) is 3.49. The van der Waals surface area contributed by atoms with Crippen molar-refractivity contribution in [3.05, 3.63) is 16.5 Å². The second-order valence-electron chi connectivity index (χ2n) is 5.02. The first-order valence-corrected chi connectivity index (χ1v) is 8.31. The van der Waals surface area contributed by atoms with Gasteiger partial charge in [-0.25, -0.2) is 4.79 Å². The lowest BCUT2D eigenvalue weighted by Gasteiger charge is -2.22. The van der Waals surface area contributed by atoms with Gasteiger partial charge in [-0.2, -0.15) is 0 Å². The molecule has 1 aromatic rings. The van der Waals surface area contributed by atoms with Gasteiger partial charge in [0.05, 0.1) is 18.2 Å². The van der Waals surface area contributed by atoms with Crippen LogP contribution < -0.4 is 10.6 Å². The van der Waals surface area contributed by atoms with E-state index in [1.807, 2.05) is 13.0 Å². The van der Waals surface area contributed by atoms with Crippen LogP contribution in [0.5, 0.6) is 0 Å². The standard InChI is InChI=1S/C15H22N2O3S/c1-3-10-9-11(15(19)20-4-2)14(21-10)17-13(18)12-7-5-6-8-16-12/h9,12,16H,3-8H2,1-2H3,(H,17,18). The molecule has 2 N–H and O–H groups in total. The molecule has 1 fully saturated rings. The van der Waals surface area contributed by atoms with Gasteiger partial charge in [0, 0.05) is 4.88 Å². The lowest BCUT2D eigenvalue weighted by molar-refractivity contribution is -0.118. The summed E-state index contributed by atoms with van der Waals surface area (Å²) in [6.07, 6.45) is 3.83. The van der Waals surface area contributed by atoms with E-state index < -0.39 is 0 Å². The van der Waals surface area contributed by atoms with Gasteiger partial charge in [-0.3, -0.25) is 4.79 Å². The highest BCUT2D eigenvalue weighted by Crippen LogP contribution is 2.29. The fourth-order valence-electron chi connectivity index (χ4n) is 2.34. The Morgan fingerprint density at radius 3 is 2.86 bits per heavy atom. The number of esters is 1. The Morgan fingerprint density at radius 2 is 2.24 bits per heavy atom. The number of hydrogen-bond acceptors (Lipinski definition) is 5. The van der Waals surface area contributed by atoms with E-state index in [1.165, 1.54) is 11.3 Å². The molecule has 0 saturated carbocycles. The fourth-order valence-corrected chi connectivity index (χ4v) is 3.33. The second kappa shape index (κ2) is 7.56.